The van der Waals surface area contributed by atoms with E-state index in [1.807, 2.05) is 49.4 Å². The normalized spacial score (nSPS) is 30.3. The number of benzene rings is 2. The van der Waals surface area contributed by atoms with Crippen molar-refractivity contribution >= 4 is 11.8 Å². The van der Waals surface area contributed by atoms with Gasteiger partial charge in [-0.3, -0.25) is 9.59 Å². The molecule has 5 atom stereocenters. The summed E-state index contributed by atoms with van der Waals surface area (Å²) in [6, 6.07) is 18.6. The number of rotatable bonds is 5. The summed E-state index contributed by atoms with van der Waals surface area (Å²) in [5.41, 5.74) is 2.18. The number of carbonyl (C=O) groups excluding carboxylic acids is 2. The third-order valence-electron chi connectivity index (χ3n) is 8.34. The molecule has 5 nitrogen and oxygen atoms in total. The van der Waals surface area contributed by atoms with Crippen LogP contribution in [0, 0.1) is 12.3 Å². The van der Waals surface area contributed by atoms with Gasteiger partial charge in [-0.15, -0.1) is 0 Å². The van der Waals surface area contributed by atoms with Gasteiger partial charge in [0, 0.05) is 24.4 Å². The lowest BCUT2D eigenvalue weighted by molar-refractivity contribution is -0.143. The number of piperidine rings is 1. The number of carbonyl (C=O) groups is 2. The molecule has 2 amide bonds. The van der Waals surface area contributed by atoms with Crippen molar-refractivity contribution in [1.82, 2.24) is 9.80 Å². The first-order chi connectivity index (χ1) is 15.9. The van der Waals surface area contributed by atoms with Gasteiger partial charge in [-0.2, -0.15) is 0 Å². The monoisotopic (exact) mass is 446 g/mol. The number of para-hydroxylation sites is 1. The maximum atomic E-state index is 13.7. The van der Waals surface area contributed by atoms with Gasteiger partial charge >= 0.3 is 0 Å². The number of aryl methyl sites for hydroxylation is 1. The Morgan fingerprint density at radius 3 is 2.36 bits per heavy atom. The van der Waals surface area contributed by atoms with Crippen molar-refractivity contribution < 1.29 is 14.3 Å². The summed E-state index contributed by atoms with van der Waals surface area (Å²) >= 11 is 0. The molecule has 1 aliphatic carbocycles. The number of likely N-dealkylation sites (tertiary alicyclic amines) is 2. The van der Waals surface area contributed by atoms with Crippen LogP contribution < -0.4 is 4.74 Å². The summed E-state index contributed by atoms with van der Waals surface area (Å²) in [5.74, 6) is 0.927. The Balaban J connectivity index is 1.47. The Hall–Kier alpha value is -2.82. The fourth-order valence-corrected chi connectivity index (χ4v) is 6.92. The minimum Gasteiger partial charge on any atom is -0.484 e. The quantitative estimate of drug-likeness (QED) is 0.685. The molecule has 3 aliphatic rings. The van der Waals surface area contributed by atoms with E-state index in [0.717, 1.165) is 43.4 Å². The fourth-order valence-electron chi connectivity index (χ4n) is 6.92. The van der Waals surface area contributed by atoms with Crippen LogP contribution in [0.1, 0.15) is 50.7 Å². The molecule has 3 fully saturated rings. The van der Waals surface area contributed by atoms with Crippen molar-refractivity contribution in [3.63, 3.8) is 0 Å². The molecular formula is C28H34N2O3. The average molecular weight is 447 g/mol. The summed E-state index contributed by atoms with van der Waals surface area (Å²) in [7, 11) is 0. The molecular weight excluding hydrogens is 412 g/mol. The summed E-state index contributed by atoms with van der Waals surface area (Å²) in [4.78, 5) is 30.9. The molecule has 33 heavy (non-hydrogen) atoms. The van der Waals surface area contributed by atoms with Crippen LogP contribution in [-0.4, -0.2) is 52.4 Å². The summed E-state index contributed by atoms with van der Waals surface area (Å²) in [6.07, 6.45) is 4.80. The molecule has 0 aromatic heterocycles. The van der Waals surface area contributed by atoms with Crippen LogP contribution in [0.4, 0.5) is 0 Å². The van der Waals surface area contributed by atoms with Gasteiger partial charge < -0.3 is 14.5 Å². The lowest BCUT2D eigenvalue weighted by atomic mass is 9.64. The SMILES string of the molecule is CC(=O)N1[C@H](Cc2ccccc2)[C@@H]2C[C@@]3(C)[C@H](CCC[C@@H]13)N2C(=O)COc1ccccc1C. The van der Waals surface area contributed by atoms with Crippen LogP contribution in [0.15, 0.2) is 54.6 Å². The summed E-state index contributed by atoms with van der Waals surface area (Å²) in [6.45, 7) is 6.04. The molecule has 0 radical (unpaired) electrons. The van der Waals surface area contributed by atoms with Crippen molar-refractivity contribution in [3.05, 3.63) is 65.7 Å². The molecule has 2 bridgehead atoms. The van der Waals surface area contributed by atoms with E-state index in [0.29, 0.717) is 0 Å². The third-order valence-corrected chi connectivity index (χ3v) is 8.34. The molecule has 0 unspecified atom stereocenters. The molecule has 2 aliphatic heterocycles. The van der Waals surface area contributed by atoms with Crippen molar-refractivity contribution in [2.24, 2.45) is 5.41 Å². The second-order valence-electron chi connectivity index (χ2n) is 10.3. The predicted molar refractivity (Wildman–Crippen MR) is 128 cm³/mol. The van der Waals surface area contributed by atoms with Crippen LogP contribution in [0.5, 0.6) is 5.75 Å². The minimum atomic E-state index is -0.0555. The lowest BCUT2D eigenvalue weighted by Crippen LogP contribution is -2.62. The number of nitrogens with zero attached hydrogens (tertiary/aromatic N) is 2. The van der Waals surface area contributed by atoms with E-state index in [1.165, 1.54) is 5.56 Å². The number of ether oxygens (including phenoxy) is 1. The highest BCUT2D eigenvalue weighted by atomic mass is 16.5. The van der Waals surface area contributed by atoms with Crippen LogP contribution >= 0.6 is 0 Å². The third kappa shape index (κ3) is 3.71. The molecule has 2 heterocycles. The van der Waals surface area contributed by atoms with Gasteiger partial charge in [0.05, 0.1) is 12.1 Å². The Morgan fingerprint density at radius 2 is 1.67 bits per heavy atom. The van der Waals surface area contributed by atoms with E-state index >= 15 is 0 Å². The molecule has 0 N–H and O–H groups in total. The highest BCUT2D eigenvalue weighted by Crippen LogP contribution is 2.56. The maximum Gasteiger partial charge on any atom is 0.261 e. The fraction of sp³-hybridized carbons (Fsp3) is 0.500. The first kappa shape index (κ1) is 22.0. The molecule has 174 valence electrons. The summed E-state index contributed by atoms with van der Waals surface area (Å²) in [5, 5.41) is 0. The van der Waals surface area contributed by atoms with Gasteiger partial charge in [-0.1, -0.05) is 55.5 Å². The Bertz CT molecular complexity index is 1040. The topological polar surface area (TPSA) is 49.9 Å². The van der Waals surface area contributed by atoms with E-state index < -0.39 is 0 Å². The number of amides is 2. The van der Waals surface area contributed by atoms with Crippen LogP contribution in [0.3, 0.4) is 0 Å². The van der Waals surface area contributed by atoms with Gasteiger partial charge in [0.25, 0.3) is 5.91 Å². The Morgan fingerprint density at radius 1 is 1.00 bits per heavy atom. The van der Waals surface area contributed by atoms with Crippen molar-refractivity contribution in [2.75, 3.05) is 6.61 Å². The lowest BCUT2D eigenvalue weighted by Gasteiger charge is -2.52. The Labute approximate surface area is 196 Å². The van der Waals surface area contributed by atoms with E-state index in [4.69, 9.17) is 4.74 Å². The molecule has 2 aromatic carbocycles. The zero-order chi connectivity index (χ0) is 23.2. The number of fused-ring (bicyclic) bond motifs is 1. The van der Waals surface area contributed by atoms with Crippen LogP contribution in [0.25, 0.3) is 0 Å². The van der Waals surface area contributed by atoms with Gasteiger partial charge in [-0.05, 0) is 56.2 Å². The van der Waals surface area contributed by atoms with E-state index in [9.17, 15) is 9.59 Å². The van der Waals surface area contributed by atoms with Crippen molar-refractivity contribution in [3.8, 4) is 5.75 Å². The van der Waals surface area contributed by atoms with E-state index in [2.05, 4.69) is 28.9 Å². The van der Waals surface area contributed by atoms with Gasteiger partial charge in [0.2, 0.25) is 5.91 Å². The van der Waals surface area contributed by atoms with E-state index in [-0.39, 0.29) is 48.0 Å². The van der Waals surface area contributed by atoms with Crippen molar-refractivity contribution in [1.29, 1.82) is 0 Å². The standard InChI is InChI=1S/C28H34N2O3/c1-19-10-7-8-13-24(19)33-18-27(32)30-23-17-28(3)25(14-9-15-26(28)30)29(20(2)31)22(23)16-21-11-5-4-6-12-21/h4-8,10-13,22-23,25-26H,9,14-18H2,1-3H3/t22-,23+,25-,26+,28-/m1/s1. The van der Waals surface area contributed by atoms with Crippen LogP contribution in [-0.2, 0) is 16.0 Å². The number of hydrogen-bond donors (Lipinski definition) is 0. The zero-order valence-electron chi connectivity index (χ0n) is 19.9. The second-order valence-corrected chi connectivity index (χ2v) is 10.3. The molecule has 0 spiro atoms. The molecule has 5 rings (SSSR count). The first-order valence-corrected chi connectivity index (χ1v) is 12.2. The van der Waals surface area contributed by atoms with Crippen LogP contribution in [0.2, 0.25) is 0 Å². The molecule has 2 aromatic rings. The minimum absolute atomic E-state index is 0.00603. The molecule has 1 saturated carbocycles. The first-order valence-electron chi connectivity index (χ1n) is 12.2. The smallest absolute Gasteiger partial charge is 0.261 e. The zero-order valence-corrected chi connectivity index (χ0v) is 19.9. The second kappa shape index (κ2) is 8.51. The van der Waals surface area contributed by atoms with Gasteiger partial charge in [-0.25, -0.2) is 0 Å². The highest BCUT2D eigenvalue weighted by Gasteiger charge is 2.64. The van der Waals surface area contributed by atoms with E-state index in [1.54, 1.807) is 6.92 Å². The maximum absolute atomic E-state index is 13.7. The average Bonchev–Trinajstić information content (AvgIpc) is 3.11. The van der Waals surface area contributed by atoms with Gasteiger partial charge in [0.1, 0.15) is 5.75 Å². The summed E-state index contributed by atoms with van der Waals surface area (Å²) < 4.78 is 5.99. The molecule has 5 heteroatoms. The largest absolute Gasteiger partial charge is 0.484 e. The Kier molecular flexibility index (Phi) is 5.67. The van der Waals surface area contributed by atoms with Crippen molar-refractivity contribution in [2.45, 2.75) is 77.0 Å². The number of hydrogen-bond acceptors (Lipinski definition) is 3. The molecule has 2 saturated heterocycles. The van der Waals surface area contributed by atoms with Gasteiger partial charge in [0.15, 0.2) is 6.61 Å². The highest BCUT2D eigenvalue weighted by molar-refractivity contribution is 5.80. The predicted octanol–water partition coefficient (Wildman–Crippen LogP) is 4.38.